The normalized spacial score (nSPS) is 17.7. The molecule has 0 saturated heterocycles. The first-order chi connectivity index (χ1) is 6.77. The second-order valence-electron chi connectivity index (χ2n) is 3.50. The van der Waals surface area contributed by atoms with Gasteiger partial charge in [0.15, 0.2) is 0 Å². The van der Waals surface area contributed by atoms with Crippen LogP contribution in [0.3, 0.4) is 0 Å². The predicted octanol–water partition coefficient (Wildman–Crippen LogP) is 0.959. The van der Waals surface area contributed by atoms with E-state index in [1.807, 2.05) is 0 Å². The number of hydrogen-bond donors (Lipinski definition) is 2. The van der Waals surface area contributed by atoms with Gasteiger partial charge >= 0.3 is 5.97 Å². The number of aromatic nitrogens is 1. The molecule has 1 saturated carbocycles. The molecule has 2 rings (SSSR count). The van der Waals surface area contributed by atoms with E-state index in [4.69, 9.17) is 5.11 Å². The quantitative estimate of drug-likeness (QED) is 0.745. The Labute approximate surface area is 82.0 Å². The van der Waals surface area contributed by atoms with E-state index in [9.17, 15) is 4.79 Å². The lowest BCUT2D eigenvalue weighted by Gasteiger charge is -2.13. The minimum Gasteiger partial charge on any atom is -0.480 e. The molecule has 0 aliphatic heterocycles. The average molecular weight is 192 g/mol. The highest BCUT2D eigenvalue weighted by Crippen LogP contribution is 2.23. The molecule has 0 unspecified atom stereocenters. The van der Waals surface area contributed by atoms with E-state index in [0.717, 1.165) is 12.8 Å². The van der Waals surface area contributed by atoms with E-state index in [-0.39, 0.29) is 0 Å². The maximum atomic E-state index is 11.0. The van der Waals surface area contributed by atoms with Gasteiger partial charge in [-0.1, -0.05) is 6.07 Å². The Morgan fingerprint density at radius 1 is 1.64 bits per heavy atom. The molecule has 1 atom stereocenters. The van der Waals surface area contributed by atoms with E-state index in [1.165, 1.54) is 0 Å². The van der Waals surface area contributed by atoms with Crippen LogP contribution in [-0.2, 0) is 4.79 Å². The molecule has 1 aromatic heterocycles. The molecule has 0 amide bonds. The smallest absolute Gasteiger partial charge is 0.325 e. The molecule has 0 radical (unpaired) electrons. The number of carbonyl (C=O) groups is 1. The number of rotatable bonds is 4. The molecular formula is C10H12N2O2. The fourth-order valence-corrected chi connectivity index (χ4v) is 1.34. The zero-order valence-corrected chi connectivity index (χ0v) is 7.68. The first-order valence-corrected chi connectivity index (χ1v) is 4.66. The summed E-state index contributed by atoms with van der Waals surface area (Å²) in [6, 6.07) is 3.29. The van der Waals surface area contributed by atoms with Crippen LogP contribution in [0, 0.1) is 0 Å². The Bertz CT molecular complexity index is 322. The summed E-state index contributed by atoms with van der Waals surface area (Å²) in [5.41, 5.74) is 0.715. The van der Waals surface area contributed by atoms with Crippen molar-refractivity contribution >= 4 is 5.97 Å². The highest BCUT2D eigenvalue weighted by atomic mass is 16.4. The van der Waals surface area contributed by atoms with Gasteiger partial charge in [-0.2, -0.15) is 0 Å². The van der Waals surface area contributed by atoms with Gasteiger partial charge in [0, 0.05) is 18.4 Å². The summed E-state index contributed by atoms with van der Waals surface area (Å²) in [4.78, 5) is 14.9. The van der Waals surface area contributed by atoms with Crippen molar-refractivity contribution < 1.29 is 9.90 Å². The molecule has 74 valence electrons. The standard InChI is InChI=1S/C10H12N2O2/c13-10(14)9(12-8-3-4-8)7-2-1-5-11-6-7/h1-2,5-6,8-9,12H,3-4H2,(H,13,14)/t9-/m1/s1. The van der Waals surface area contributed by atoms with E-state index in [2.05, 4.69) is 10.3 Å². The second-order valence-corrected chi connectivity index (χ2v) is 3.50. The van der Waals surface area contributed by atoms with Crippen LogP contribution >= 0.6 is 0 Å². The fourth-order valence-electron chi connectivity index (χ4n) is 1.34. The Balaban J connectivity index is 2.13. The summed E-state index contributed by atoms with van der Waals surface area (Å²) in [6.07, 6.45) is 5.38. The molecule has 1 fully saturated rings. The molecule has 2 N–H and O–H groups in total. The minimum absolute atomic E-state index is 0.372. The number of nitrogens with one attached hydrogen (secondary N) is 1. The zero-order valence-electron chi connectivity index (χ0n) is 7.68. The molecule has 4 nitrogen and oxygen atoms in total. The monoisotopic (exact) mass is 192 g/mol. The molecular weight excluding hydrogens is 180 g/mol. The minimum atomic E-state index is -0.843. The summed E-state index contributed by atoms with van der Waals surface area (Å²) in [5, 5.41) is 12.1. The van der Waals surface area contributed by atoms with Crippen molar-refractivity contribution in [2.75, 3.05) is 0 Å². The first kappa shape index (κ1) is 9.15. The molecule has 0 spiro atoms. The van der Waals surface area contributed by atoms with Crippen LogP contribution in [-0.4, -0.2) is 22.1 Å². The van der Waals surface area contributed by atoms with Gasteiger partial charge in [0.2, 0.25) is 0 Å². The van der Waals surface area contributed by atoms with E-state index < -0.39 is 12.0 Å². The lowest BCUT2D eigenvalue weighted by Crippen LogP contribution is -2.30. The lowest BCUT2D eigenvalue weighted by molar-refractivity contribution is -0.139. The maximum absolute atomic E-state index is 11.0. The van der Waals surface area contributed by atoms with Crippen LogP contribution < -0.4 is 5.32 Å². The Morgan fingerprint density at radius 3 is 2.93 bits per heavy atom. The SMILES string of the molecule is O=C(O)[C@H](NC1CC1)c1cccnc1. The third-order valence-corrected chi connectivity index (χ3v) is 2.24. The van der Waals surface area contributed by atoms with Crippen LogP contribution in [0.4, 0.5) is 0 Å². The van der Waals surface area contributed by atoms with Crippen LogP contribution in [0.1, 0.15) is 24.4 Å². The van der Waals surface area contributed by atoms with Gasteiger partial charge in [0.1, 0.15) is 6.04 Å². The van der Waals surface area contributed by atoms with Gasteiger partial charge < -0.3 is 5.11 Å². The van der Waals surface area contributed by atoms with Crippen LogP contribution in [0.25, 0.3) is 0 Å². The highest BCUT2D eigenvalue weighted by molar-refractivity contribution is 5.75. The van der Waals surface area contributed by atoms with Gasteiger partial charge in [0.25, 0.3) is 0 Å². The molecule has 1 aliphatic rings. The number of nitrogens with zero attached hydrogens (tertiary/aromatic N) is 1. The molecule has 1 heterocycles. The first-order valence-electron chi connectivity index (χ1n) is 4.66. The van der Waals surface area contributed by atoms with E-state index >= 15 is 0 Å². The largest absolute Gasteiger partial charge is 0.480 e. The van der Waals surface area contributed by atoms with Crippen molar-refractivity contribution in [3.63, 3.8) is 0 Å². The molecule has 1 aliphatic carbocycles. The van der Waals surface area contributed by atoms with Crippen molar-refractivity contribution in [3.8, 4) is 0 Å². The topological polar surface area (TPSA) is 62.2 Å². The van der Waals surface area contributed by atoms with Crippen molar-refractivity contribution in [2.24, 2.45) is 0 Å². The van der Waals surface area contributed by atoms with E-state index in [0.29, 0.717) is 11.6 Å². The summed E-state index contributed by atoms with van der Waals surface area (Å²) >= 11 is 0. The lowest BCUT2D eigenvalue weighted by atomic mass is 10.1. The molecule has 0 aromatic carbocycles. The van der Waals surface area contributed by atoms with Crippen LogP contribution in [0.15, 0.2) is 24.5 Å². The van der Waals surface area contributed by atoms with Crippen molar-refractivity contribution in [1.29, 1.82) is 0 Å². The number of carboxylic acids is 1. The Kier molecular flexibility index (Phi) is 2.45. The average Bonchev–Trinajstić information content (AvgIpc) is 2.99. The van der Waals surface area contributed by atoms with Gasteiger partial charge in [0.05, 0.1) is 0 Å². The van der Waals surface area contributed by atoms with Gasteiger partial charge in [-0.3, -0.25) is 15.1 Å². The summed E-state index contributed by atoms with van der Waals surface area (Å²) in [5.74, 6) is -0.843. The second kappa shape index (κ2) is 3.75. The number of aliphatic carboxylic acids is 1. The van der Waals surface area contributed by atoms with Gasteiger partial charge in [-0.25, -0.2) is 0 Å². The van der Waals surface area contributed by atoms with Gasteiger partial charge in [-0.15, -0.1) is 0 Å². The summed E-state index contributed by atoms with van der Waals surface area (Å²) < 4.78 is 0. The number of hydrogen-bond acceptors (Lipinski definition) is 3. The predicted molar refractivity (Wildman–Crippen MR) is 50.8 cm³/mol. The Hall–Kier alpha value is -1.42. The van der Waals surface area contributed by atoms with Crippen molar-refractivity contribution in [2.45, 2.75) is 24.9 Å². The van der Waals surface area contributed by atoms with Crippen LogP contribution in [0.5, 0.6) is 0 Å². The van der Waals surface area contributed by atoms with Gasteiger partial charge in [-0.05, 0) is 24.5 Å². The third kappa shape index (κ3) is 2.09. The zero-order chi connectivity index (χ0) is 9.97. The van der Waals surface area contributed by atoms with Crippen molar-refractivity contribution in [1.82, 2.24) is 10.3 Å². The fraction of sp³-hybridized carbons (Fsp3) is 0.400. The molecule has 14 heavy (non-hydrogen) atoms. The number of carboxylic acid groups (broad SMARTS) is 1. The molecule has 1 aromatic rings. The third-order valence-electron chi connectivity index (χ3n) is 2.24. The summed E-state index contributed by atoms with van der Waals surface area (Å²) in [6.45, 7) is 0. The van der Waals surface area contributed by atoms with E-state index in [1.54, 1.807) is 24.5 Å². The summed E-state index contributed by atoms with van der Waals surface area (Å²) in [7, 11) is 0. The maximum Gasteiger partial charge on any atom is 0.325 e. The molecule has 0 bridgehead atoms. The van der Waals surface area contributed by atoms with Crippen LogP contribution in [0.2, 0.25) is 0 Å². The van der Waals surface area contributed by atoms with Crippen molar-refractivity contribution in [3.05, 3.63) is 30.1 Å². The Morgan fingerprint density at radius 2 is 2.43 bits per heavy atom. The molecule has 4 heteroatoms. The number of pyridine rings is 1. The highest BCUT2D eigenvalue weighted by Gasteiger charge is 2.29.